The summed E-state index contributed by atoms with van der Waals surface area (Å²) in [5.74, 6) is 0.263. The van der Waals surface area contributed by atoms with Crippen LogP contribution in [0.1, 0.15) is 71.1 Å². The molecular weight excluding hydrogens is 559 g/mol. The number of aromatic carboxylic acids is 1. The third-order valence-electron chi connectivity index (χ3n) is 8.61. The van der Waals surface area contributed by atoms with E-state index in [1.165, 1.54) is 11.3 Å². The number of fused-ring (bicyclic) bond motifs is 3. The van der Waals surface area contributed by atoms with Crippen molar-refractivity contribution in [2.24, 2.45) is 11.8 Å². The van der Waals surface area contributed by atoms with Gasteiger partial charge in [0.2, 0.25) is 0 Å². The van der Waals surface area contributed by atoms with Crippen molar-refractivity contribution in [3.05, 3.63) is 68.3 Å². The molecule has 0 saturated heterocycles. The van der Waals surface area contributed by atoms with Gasteiger partial charge in [-0.25, -0.2) is 9.78 Å². The summed E-state index contributed by atoms with van der Waals surface area (Å²) in [7, 11) is 0. The number of carboxylic acids is 1. The van der Waals surface area contributed by atoms with Crippen molar-refractivity contribution in [1.82, 2.24) is 10.1 Å². The summed E-state index contributed by atoms with van der Waals surface area (Å²) in [4.78, 5) is 16.2. The highest BCUT2D eigenvalue weighted by atomic mass is 35.5. The van der Waals surface area contributed by atoms with E-state index < -0.39 is 11.6 Å². The summed E-state index contributed by atoms with van der Waals surface area (Å²) in [6.07, 6.45) is 5.35. The summed E-state index contributed by atoms with van der Waals surface area (Å²) >= 11 is 14.4. The van der Waals surface area contributed by atoms with Gasteiger partial charge in [-0.3, -0.25) is 0 Å². The molecule has 2 aromatic carbocycles. The van der Waals surface area contributed by atoms with Crippen LogP contribution in [0.5, 0.6) is 0 Å². The molecule has 2 aromatic heterocycles. The summed E-state index contributed by atoms with van der Waals surface area (Å²) in [5, 5.41) is 27.4. The van der Waals surface area contributed by atoms with Crippen molar-refractivity contribution in [2.45, 2.75) is 62.8 Å². The molecule has 2 atom stereocenters. The fraction of sp³-hybridized carbons (Fsp3) is 0.414. The second-order valence-corrected chi connectivity index (χ2v) is 12.8. The van der Waals surface area contributed by atoms with Crippen LogP contribution in [0.15, 0.2) is 40.9 Å². The van der Waals surface area contributed by atoms with Gasteiger partial charge in [0, 0.05) is 17.0 Å². The lowest BCUT2D eigenvalue weighted by molar-refractivity contribution is -0.116. The first-order chi connectivity index (χ1) is 18.8. The molecular formula is C29H26Cl2N2O5S. The zero-order valence-electron chi connectivity index (χ0n) is 20.9. The number of ether oxygens (including phenoxy) is 1. The predicted molar refractivity (Wildman–Crippen MR) is 148 cm³/mol. The van der Waals surface area contributed by atoms with Crippen molar-refractivity contribution in [2.75, 3.05) is 0 Å². The summed E-state index contributed by atoms with van der Waals surface area (Å²) in [6.45, 7) is 0.341. The molecule has 3 aliphatic rings. The minimum absolute atomic E-state index is 0.0172. The summed E-state index contributed by atoms with van der Waals surface area (Å²) in [6, 6.07) is 10.3. The van der Waals surface area contributed by atoms with Crippen LogP contribution in [0.4, 0.5) is 0 Å². The standard InChI is InChI=1S/C29H26Cl2N2O5S/c30-20-2-1-3-21(31)24(20)25-19(26(38-33-25)14-4-5-14)13-37-18-11-16-7-8-17(12-18)29(16,36)28-32-22-9-6-15(27(34)35)10-23(22)39-28/h1-3,6,9-10,14,16-18,36H,4-5,7-8,11-13H2,(H,34,35). The Balaban J connectivity index is 1.13. The molecule has 39 heavy (non-hydrogen) atoms. The maximum absolute atomic E-state index is 12.0. The van der Waals surface area contributed by atoms with Crippen molar-refractivity contribution in [3.8, 4) is 11.3 Å². The average molecular weight is 586 g/mol. The van der Waals surface area contributed by atoms with Crippen LogP contribution in [0.3, 0.4) is 0 Å². The van der Waals surface area contributed by atoms with Crippen LogP contribution in [0.25, 0.3) is 21.5 Å². The van der Waals surface area contributed by atoms with Gasteiger partial charge in [0.15, 0.2) is 0 Å². The van der Waals surface area contributed by atoms with E-state index in [0.717, 1.165) is 60.1 Å². The maximum Gasteiger partial charge on any atom is 0.335 e. The first-order valence-corrected chi connectivity index (χ1v) is 14.8. The van der Waals surface area contributed by atoms with Crippen molar-refractivity contribution < 1.29 is 24.3 Å². The Morgan fingerprint density at radius 2 is 1.82 bits per heavy atom. The van der Waals surface area contributed by atoms with Crippen LogP contribution in [0, 0.1) is 11.8 Å². The molecule has 7 rings (SSSR count). The molecule has 3 saturated carbocycles. The van der Waals surface area contributed by atoms with E-state index in [2.05, 4.69) is 5.16 Å². The van der Waals surface area contributed by atoms with Crippen LogP contribution < -0.4 is 0 Å². The third kappa shape index (κ3) is 4.28. The minimum Gasteiger partial charge on any atom is -0.478 e. The lowest BCUT2D eigenvalue weighted by Gasteiger charge is -2.41. The number of thiazole rings is 1. The number of aromatic nitrogens is 2. The monoisotopic (exact) mass is 584 g/mol. The van der Waals surface area contributed by atoms with E-state index in [1.807, 2.05) is 6.07 Å². The van der Waals surface area contributed by atoms with E-state index in [1.54, 1.807) is 30.3 Å². The Kier molecular flexibility index (Phi) is 6.25. The fourth-order valence-corrected chi connectivity index (χ4v) is 8.30. The van der Waals surface area contributed by atoms with Crippen molar-refractivity contribution >= 4 is 50.7 Å². The van der Waals surface area contributed by atoms with Crippen LogP contribution in [0.2, 0.25) is 10.0 Å². The van der Waals surface area contributed by atoms with Gasteiger partial charge in [-0.15, -0.1) is 11.3 Å². The van der Waals surface area contributed by atoms with E-state index in [9.17, 15) is 15.0 Å². The molecule has 2 unspecified atom stereocenters. The molecule has 3 aliphatic carbocycles. The van der Waals surface area contributed by atoms with Gasteiger partial charge in [-0.1, -0.05) is 34.4 Å². The van der Waals surface area contributed by atoms with Crippen LogP contribution >= 0.6 is 34.5 Å². The Bertz CT molecular complexity index is 1560. The SMILES string of the molecule is O=C(O)c1ccc2nc(C3(O)C4CCC3CC(OCc3c(-c5c(Cl)cccc5Cl)noc3C3CC3)C4)sc2c1. The molecule has 0 aliphatic heterocycles. The Morgan fingerprint density at radius 3 is 2.49 bits per heavy atom. The maximum atomic E-state index is 12.0. The zero-order chi connectivity index (χ0) is 26.9. The molecule has 0 amide bonds. The molecule has 202 valence electrons. The second-order valence-electron chi connectivity index (χ2n) is 11.0. The fourth-order valence-electron chi connectivity index (χ4n) is 6.47. The zero-order valence-corrected chi connectivity index (χ0v) is 23.2. The highest BCUT2D eigenvalue weighted by molar-refractivity contribution is 7.18. The van der Waals surface area contributed by atoms with Gasteiger partial charge in [0.1, 0.15) is 22.1 Å². The molecule has 0 radical (unpaired) electrons. The number of nitrogens with zero attached hydrogens (tertiary/aromatic N) is 2. The molecule has 2 N–H and O–H groups in total. The first kappa shape index (κ1) is 25.5. The number of hydrogen-bond acceptors (Lipinski definition) is 7. The lowest BCUT2D eigenvalue weighted by atomic mass is 9.73. The summed E-state index contributed by atoms with van der Waals surface area (Å²) in [5.41, 5.74) is 2.12. The smallest absolute Gasteiger partial charge is 0.335 e. The van der Waals surface area contributed by atoms with Crippen LogP contribution in [-0.2, 0) is 16.9 Å². The molecule has 3 fully saturated rings. The van der Waals surface area contributed by atoms with E-state index in [-0.39, 0.29) is 23.5 Å². The summed E-state index contributed by atoms with van der Waals surface area (Å²) < 4.78 is 13.1. The van der Waals surface area contributed by atoms with Gasteiger partial charge >= 0.3 is 5.97 Å². The largest absolute Gasteiger partial charge is 0.478 e. The van der Waals surface area contributed by atoms with E-state index in [4.69, 9.17) is 37.4 Å². The number of hydrogen-bond donors (Lipinski definition) is 2. The number of carboxylic acid groups (broad SMARTS) is 1. The van der Waals surface area contributed by atoms with E-state index in [0.29, 0.717) is 38.8 Å². The van der Waals surface area contributed by atoms with Gasteiger partial charge < -0.3 is 19.5 Å². The van der Waals surface area contributed by atoms with Gasteiger partial charge in [0.25, 0.3) is 0 Å². The van der Waals surface area contributed by atoms with Crippen molar-refractivity contribution in [1.29, 1.82) is 0 Å². The number of aliphatic hydroxyl groups is 1. The second kappa shape index (κ2) is 9.56. The predicted octanol–water partition coefficient (Wildman–Crippen LogP) is 7.43. The molecule has 7 nitrogen and oxygen atoms in total. The van der Waals surface area contributed by atoms with Gasteiger partial charge in [0.05, 0.1) is 38.5 Å². The lowest BCUT2D eigenvalue weighted by Crippen LogP contribution is -2.44. The molecule has 2 heterocycles. The Morgan fingerprint density at radius 1 is 1.10 bits per heavy atom. The number of halogens is 2. The minimum atomic E-state index is -1.03. The topological polar surface area (TPSA) is 106 Å². The Hall–Kier alpha value is -2.49. The molecule has 4 aromatic rings. The highest BCUT2D eigenvalue weighted by Gasteiger charge is 2.56. The van der Waals surface area contributed by atoms with Gasteiger partial charge in [-0.2, -0.15) is 0 Å². The third-order valence-corrected chi connectivity index (χ3v) is 10.4. The van der Waals surface area contributed by atoms with Crippen LogP contribution in [-0.4, -0.2) is 32.4 Å². The first-order valence-electron chi connectivity index (χ1n) is 13.2. The quantitative estimate of drug-likeness (QED) is 0.232. The molecule has 0 spiro atoms. The number of rotatable bonds is 7. The van der Waals surface area contributed by atoms with Gasteiger partial charge in [-0.05, 0) is 80.7 Å². The molecule has 10 heteroatoms. The number of carbonyl (C=O) groups is 1. The van der Waals surface area contributed by atoms with Crippen molar-refractivity contribution in [3.63, 3.8) is 0 Å². The molecule has 2 bridgehead atoms. The number of benzene rings is 2. The van der Waals surface area contributed by atoms with E-state index >= 15 is 0 Å². The highest BCUT2D eigenvalue weighted by Crippen LogP contribution is 2.57. The average Bonchev–Trinajstić information content (AvgIpc) is 3.49. The Labute approximate surface area is 238 Å². The normalized spacial score (nSPS) is 26.4.